The van der Waals surface area contributed by atoms with E-state index in [1.165, 1.54) is 5.56 Å². The Balaban J connectivity index is 1.65. The third kappa shape index (κ3) is 3.16. The van der Waals surface area contributed by atoms with Crippen molar-refractivity contribution in [1.29, 1.82) is 0 Å². The van der Waals surface area contributed by atoms with Crippen LogP contribution in [0.5, 0.6) is 5.75 Å². The van der Waals surface area contributed by atoms with Crippen LogP contribution in [0.3, 0.4) is 0 Å². The first kappa shape index (κ1) is 13.5. The molecule has 1 unspecified atom stereocenters. The molecule has 1 atom stereocenters. The third-order valence-corrected chi connectivity index (χ3v) is 3.55. The van der Waals surface area contributed by atoms with Gasteiger partial charge in [0.2, 0.25) is 0 Å². The van der Waals surface area contributed by atoms with Gasteiger partial charge in [-0.15, -0.1) is 0 Å². The number of aromatic nitrogens is 2. The third-order valence-electron chi connectivity index (χ3n) is 3.55. The number of nitrogens with zero attached hydrogens (tertiary/aromatic N) is 1. The second-order valence-electron chi connectivity index (χ2n) is 5.27. The minimum atomic E-state index is 0.350. The molecule has 0 spiro atoms. The molecule has 3 aromatic rings. The number of anilines is 1. The van der Waals surface area contributed by atoms with E-state index in [0.717, 1.165) is 28.8 Å². The molecule has 0 aliphatic rings. The number of nitrogens with one attached hydrogen (secondary N) is 2. The van der Waals surface area contributed by atoms with Crippen LogP contribution in [0, 0.1) is 0 Å². The van der Waals surface area contributed by atoms with Crippen LogP contribution in [0.4, 0.5) is 5.69 Å². The standard InChI is InChI=1S/C17H19N3O/c1-12(9-13-3-6-16(21-2)7-4-13)19-15-5-8-17-14(10-15)11-18-20-17/h3-8,10-12,19H,9H2,1-2H3,(H,18,20). The van der Waals surface area contributed by atoms with Gasteiger partial charge in [-0.25, -0.2) is 0 Å². The summed E-state index contributed by atoms with van der Waals surface area (Å²) < 4.78 is 5.18. The number of ether oxygens (including phenoxy) is 1. The van der Waals surface area contributed by atoms with Crippen LogP contribution in [0.1, 0.15) is 12.5 Å². The summed E-state index contributed by atoms with van der Waals surface area (Å²) in [5, 5.41) is 11.7. The maximum atomic E-state index is 5.18. The average Bonchev–Trinajstić information content (AvgIpc) is 2.95. The van der Waals surface area contributed by atoms with Crippen molar-refractivity contribution < 1.29 is 4.74 Å². The molecule has 0 aliphatic carbocycles. The fourth-order valence-corrected chi connectivity index (χ4v) is 2.48. The summed E-state index contributed by atoms with van der Waals surface area (Å²) in [6.45, 7) is 2.18. The molecule has 3 rings (SSSR count). The molecule has 2 N–H and O–H groups in total. The molecule has 21 heavy (non-hydrogen) atoms. The second kappa shape index (κ2) is 5.87. The fraction of sp³-hybridized carbons (Fsp3) is 0.235. The number of hydrogen-bond acceptors (Lipinski definition) is 3. The summed E-state index contributed by atoms with van der Waals surface area (Å²) in [6.07, 6.45) is 2.81. The Morgan fingerprint density at radius 2 is 2.00 bits per heavy atom. The van der Waals surface area contributed by atoms with Gasteiger partial charge < -0.3 is 10.1 Å². The molecule has 0 saturated heterocycles. The van der Waals surface area contributed by atoms with E-state index < -0.39 is 0 Å². The fourth-order valence-electron chi connectivity index (χ4n) is 2.48. The van der Waals surface area contributed by atoms with Crippen LogP contribution in [0.2, 0.25) is 0 Å². The lowest BCUT2D eigenvalue weighted by atomic mass is 10.1. The highest BCUT2D eigenvalue weighted by Crippen LogP contribution is 2.19. The van der Waals surface area contributed by atoms with Crippen LogP contribution in [0.25, 0.3) is 10.9 Å². The number of benzene rings is 2. The Hall–Kier alpha value is -2.49. The van der Waals surface area contributed by atoms with E-state index in [1.54, 1.807) is 7.11 Å². The maximum Gasteiger partial charge on any atom is 0.118 e. The summed E-state index contributed by atoms with van der Waals surface area (Å²) in [5.74, 6) is 0.893. The van der Waals surface area contributed by atoms with Crippen molar-refractivity contribution >= 4 is 16.6 Å². The number of fused-ring (bicyclic) bond motifs is 1. The molecule has 0 saturated carbocycles. The summed E-state index contributed by atoms with van der Waals surface area (Å²) >= 11 is 0. The first-order valence-corrected chi connectivity index (χ1v) is 7.07. The van der Waals surface area contributed by atoms with Crippen LogP contribution in [0.15, 0.2) is 48.7 Å². The predicted molar refractivity (Wildman–Crippen MR) is 85.9 cm³/mol. The van der Waals surface area contributed by atoms with Crippen LogP contribution in [-0.4, -0.2) is 23.3 Å². The Morgan fingerprint density at radius 1 is 1.19 bits per heavy atom. The summed E-state index contributed by atoms with van der Waals surface area (Å²) in [5.41, 5.74) is 3.47. The van der Waals surface area contributed by atoms with Crippen LogP contribution >= 0.6 is 0 Å². The molecule has 4 nitrogen and oxygen atoms in total. The first-order chi connectivity index (χ1) is 10.2. The number of H-pyrrole nitrogens is 1. The van der Waals surface area contributed by atoms with Gasteiger partial charge in [0.25, 0.3) is 0 Å². The van der Waals surface area contributed by atoms with Gasteiger partial charge in [0, 0.05) is 17.1 Å². The van der Waals surface area contributed by atoms with Gasteiger partial charge in [0.05, 0.1) is 18.8 Å². The van der Waals surface area contributed by atoms with Crippen molar-refractivity contribution in [2.24, 2.45) is 0 Å². The van der Waals surface area contributed by atoms with Crippen molar-refractivity contribution in [1.82, 2.24) is 10.2 Å². The molecular formula is C17H19N3O. The topological polar surface area (TPSA) is 49.9 Å². The smallest absolute Gasteiger partial charge is 0.118 e. The van der Waals surface area contributed by atoms with Gasteiger partial charge in [0.15, 0.2) is 0 Å². The van der Waals surface area contributed by atoms with Gasteiger partial charge in [-0.2, -0.15) is 5.10 Å². The van der Waals surface area contributed by atoms with Crippen molar-refractivity contribution in [2.45, 2.75) is 19.4 Å². The van der Waals surface area contributed by atoms with E-state index in [1.807, 2.05) is 24.4 Å². The van der Waals surface area contributed by atoms with E-state index in [2.05, 4.69) is 46.7 Å². The molecule has 1 aromatic heterocycles. The van der Waals surface area contributed by atoms with Gasteiger partial charge in [-0.1, -0.05) is 12.1 Å². The average molecular weight is 281 g/mol. The zero-order valence-electron chi connectivity index (χ0n) is 12.3. The molecule has 0 bridgehead atoms. The second-order valence-corrected chi connectivity index (χ2v) is 5.27. The molecule has 4 heteroatoms. The van der Waals surface area contributed by atoms with Gasteiger partial charge in [-0.3, -0.25) is 5.10 Å². The first-order valence-electron chi connectivity index (χ1n) is 7.07. The summed E-state index contributed by atoms with van der Waals surface area (Å²) in [6, 6.07) is 14.8. The van der Waals surface area contributed by atoms with Crippen LogP contribution in [-0.2, 0) is 6.42 Å². The van der Waals surface area contributed by atoms with E-state index in [9.17, 15) is 0 Å². The predicted octanol–water partition coefficient (Wildman–Crippen LogP) is 3.61. The van der Waals surface area contributed by atoms with Crippen molar-refractivity contribution in [3.63, 3.8) is 0 Å². The molecule has 0 radical (unpaired) electrons. The maximum absolute atomic E-state index is 5.18. The van der Waals surface area contributed by atoms with Crippen molar-refractivity contribution in [3.8, 4) is 5.75 Å². The normalized spacial score (nSPS) is 12.3. The molecular weight excluding hydrogens is 262 g/mol. The molecule has 108 valence electrons. The lowest BCUT2D eigenvalue weighted by Crippen LogP contribution is -2.17. The van der Waals surface area contributed by atoms with Gasteiger partial charge in [-0.05, 0) is 49.2 Å². The highest BCUT2D eigenvalue weighted by molar-refractivity contribution is 5.81. The Kier molecular flexibility index (Phi) is 3.77. The molecule has 2 aromatic carbocycles. The Morgan fingerprint density at radius 3 is 2.76 bits per heavy atom. The Labute approximate surface area is 124 Å². The van der Waals surface area contributed by atoms with E-state index in [4.69, 9.17) is 4.74 Å². The van der Waals surface area contributed by atoms with E-state index >= 15 is 0 Å². The van der Waals surface area contributed by atoms with E-state index in [0.29, 0.717) is 6.04 Å². The zero-order valence-corrected chi connectivity index (χ0v) is 12.3. The number of aromatic amines is 1. The highest BCUT2D eigenvalue weighted by atomic mass is 16.5. The number of hydrogen-bond donors (Lipinski definition) is 2. The molecule has 0 aliphatic heterocycles. The highest BCUT2D eigenvalue weighted by Gasteiger charge is 2.05. The molecule has 1 heterocycles. The van der Waals surface area contributed by atoms with Gasteiger partial charge >= 0.3 is 0 Å². The largest absolute Gasteiger partial charge is 0.497 e. The lowest BCUT2D eigenvalue weighted by Gasteiger charge is -2.15. The molecule has 0 fully saturated rings. The Bertz CT molecular complexity index is 718. The van der Waals surface area contributed by atoms with Crippen LogP contribution < -0.4 is 10.1 Å². The monoisotopic (exact) mass is 281 g/mol. The quantitative estimate of drug-likeness (QED) is 0.751. The van der Waals surface area contributed by atoms with Crippen molar-refractivity contribution in [2.75, 3.05) is 12.4 Å². The minimum absolute atomic E-state index is 0.350. The van der Waals surface area contributed by atoms with Gasteiger partial charge in [0.1, 0.15) is 5.75 Å². The summed E-state index contributed by atoms with van der Waals surface area (Å²) in [4.78, 5) is 0. The lowest BCUT2D eigenvalue weighted by molar-refractivity contribution is 0.414. The number of rotatable bonds is 5. The summed E-state index contributed by atoms with van der Waals surface area (Å²) in [7, 11) is 1.69. The SMILES string of the molecule is COc1ccc(CC(C)Nc2ccc3[nH]ncc3c2)cc1. The van der Waals surface area contributed by atoms with Crippen molar-refractivity contribution in [3.05, 3.63) is 54.2 Å². The zero-order chi connectivity index (χ0) is 14.7. The van der Waals surface area contributed by atoms with E-state index in [-0.39, 0.29) is 0 Å². The minimum Gasteiger partial charge on any atom is -0.497 e. The molecule has 0 amide bonds. The number of methoxy groups -OCH3 is 1.